The Morgan fingerprint density at radius 2 is 1.90 bits per heavy atom. The number of carbonyl (C=O) groups is 2. The molecule has 1 aliphatic heterocycles. The maximum Gasteiger partial charge on any atom is 0.302 e. The predicted octanol–water partition coefficient (Wildman–Crippen LogP) is 4.58. The molecule has 0 N–H and O–H groups in total. The molecule has 0 aromatic carbocycles. The first-order valence-corrected chi connectivity index (χ1v) is 11.8. The lowest BCUT2D eigenvalue weighted by molar-refractivity contribution is -0.159. The van der Waals surface area contributed by atoms with Gasteiger partial charge in [0.15, 0.2) is 0 Å². The van der Waals surface area contributed by atoms with Gasteiger partial charge in [-0.05, 0) is 68.6 Å². The largest absolute Gasteiger partial charge is 0.462 e. The van der Waals surface area contributed by atoms with E-state index in [-0.39, 0.29) is 46.7 Å². The molecule has 0 amide bonds. The molecule has 30 heavy (non-hydrogen) atoms. The van der Waals surface area contributed by atoms with Gasteiger partial charge in [-0.25, -0.2) is 0 Å². The van der Waals surface area contributed by atoms with E-state index in [1.165, 1.54) is 25.8 Å². The third-order valence-electron chi connectivity index (χ3n) is 9.85. The van der Waals surface area contributed by atoms with Crippen molar-refractivity contribution in [1.82, 2.24) is 0 Å². The molecule has 4 aliphatic carbocycles. The topological polar surface area (TPSA) is 65.1 Å². The van der Waals surface area contributed by atoms with E-state index in [1.54, 1.807) is 0 Å². The number of hydrogen-bond donors (Lipinski definition) is 0. The Morgan fingerprint density at radius 3 is 2.60 bits per heavy atom. The van der Waals surface area contributed by atoms with Gasteiger partial charge in [-0.1, -0.05) is 25.5 Å². The number of esters is 2. The zero-order chi connectivity index (χ0) is 21.5. The van der Waals surface area contributed by atoms with Gasteiger partial charge in [0, 0.05) is 25.7 Å². The van der Waals surface area contributed by atoms with Crippen LogP contribution in [0.4, 0.5) is 0 Å². The highest BCUT2D eigenvalue weighted by molar-refractivity contribution is 5.66. The molecule has 9 atom stereocenters. The summed E-state index contributed by atoms with van der Waals surface area (Å²) in [5.41, 5.74) is 1.53. The van der Waals surface area contributed by atoms with Crippen LogP contribution in [0.3, 0.4) is 0 Å². The lowest BCUT2D eigenvalue weighted by Gasteiger charge is -2.58. The van der Waals surface area contributed by atoms with E-state index >= 15 is 0 Å². The summed E-state index contributed by atoms with van der Waals surface area (Å²) in [7, 11) is 0. The first-order chi connectivity index (χ1) is 14.1. The van der Waals surface area contributed by atoms with Crippen molar-refractivity contribution < 1.29 is 23.8 Å². The molecule has 0 bridgehead atoms. The molecule has 5 heteroatoms. The van der Waals surface area contributed by atoms with E-state index < -0.39 is 0 Å². The molecule has 0 aromatic heterocycles. The summed E-state index contributed by atoms with van der Waals surface area (Å²) in [4.78, 5) is 23.1. The maximum absolute atomic E-state index is 11.6. The Bertz CT molecular complexity index is 803. The number of rotatable bonds is 3. The minimum Gasteiger partial charge on any atom is -0.462 e. The van der Waals surface area contributed by atoms with Gasteiger partial charge < -0.3 is 14.2 Å². The van der Waals surface area contributed by atoms with Gasteiger partial charge in [-0.2, -0.15) is 0 Å². The monoisotopic (exact) mass is 416 g/mol. The maximum atomic E-state index is 11.6. The van der Waals surface area contributed by atoms with Crippen LogP contribution >= 0.6 is 0 Å². The lowest BCUT2D eigenvalue weighted by atomic mass is 9.47. The summed E-state index contributed by atoms with van der Waals surface area (Å²) in [6, 6.07) is 0. The van der Waals surface area contributed by atoms with Gasteiger partial charge >= 0.3 is 11.9 Å². The molecule has 0 aromatic rings. The third kappa shape index (κ3) is 2.63. The van der Waals surface area contributed by atoms with Crippen molar-refractivity contribution in [3.63, 3.8) is 0 Å². The van der Waals surface area contributed by atoms with Crippen molar-refractivity contribution in [3.8, 4) is 0 Å². The van der Waals surface area contributed by atoms with Gasteiger partial charge in [0.05, 0.1) is 6.10 Å². The van der Waals surface area contributed by atoms with Crippen molar-refractivity contribution in [2.75, 3.05) is 0 Å². The molecule has 0 unspecified atom stereocenters. The van der Waals surface area contributed by atoms with Gasteiger partial charge in [-0.3, -0.25) is 9.59 Å². The molecular formula is C25H36O5. The molecule has 0 spiro atoms. The van der Waals surface area contributed by atoms with Crippen molar-refractivity contribution in [3.05, 3.63) is 11.6 Å². The average Bonchev–Trinajstić information content (AvgIpc) is 3.33. The van der Waals surface area contributed by atoms with E-state index in [1.807, 2.05) is 6.92 Å². The molecule has 4 fully saturated rings. The van der Waals surface area contributed by atoms with Crippen LogP contribution in [0.1, 0.15) is 79.6 Å². The standard InChI is InChI=1S/C25H36O5/c1-14(28-15(2)26)25-22(30-25)13-21-19-7-6-17-12-18(29-16(3)27)8-10-23(17,4)20(19)9-11-24(21,25)5/h6,14,18-22H,7-13H2,1-5H3/t14-,18-,19+,20-,21-,22-,23-,24-,25-/m0/s1. The van der Waals surface area contributed by atoms with Gasteiger partial charge in [0.1, 0.15) is 17.8 Å². The van der Waals surface area contributed by atoms with E-state index in [2.05, 4.69) is 19.9 Å². The molecule has 5 rings (SSSR count). The van der Waals surface area contributed by atoms with Crippen molar-refractivity contribution >= 4 is 11.9 Å². The zero-order valence-corrected chi connectivity index (χ0v) is 19.0. The SMILES string of the molecule is CC(=O)O[C@H]1CC[C@@]2(C)C(=CC[C@@H]3[C@@H]2CC[C@@]2(C)[C@H]3C[C@@H]3O[C@@]32[C@H](C)OC(C)=O)C1. The summed E-state index contributed by atoms with van der Waals surface area (Å²) in [6.45, 7) is 9.90. The van der Waals surface area contributed by atoms with E-state index in [9.17, 15) is 9.59 Å². The molecular weight excluding hydrogens is 380 g/mol. The fourth-order valence-electron chi connectivity index (χ4n) is 8.52. The Labute approximate surface area is 179 Å². The summed E-state index contributed by atoms with van der Waals surface area (Å²) >= 11 is 0. The normalized spacial score (nSPS) is 49.5. The second-order valence-corrected chi connectivity index (χ2v) is 11.1. The number of allylic oxidation sites excluding steroid dienone is 1. The molecule has 1 saturated heterocycles. The first kappa shape index (κ1) is 20.5. The second kappa shape index (κ2) is 6.57. The van der Waals surface area contributed by atoms with Crippen LogP contribution in [0.5, 0.6) is 0 Å². The van der Waals surface area contributed by atoms with Gasteiger partial charge in [0.2, 0.25) is 0 Å². The zero-order valence-electron chi connectivity index (χ0n) is 19.0. The minimum atomic E-state index is -0.286. The smallest absolute Gasteiger partial charge is 0.302 e. The Hall–Kier alpha value is -1.36. The third-order valence-corrected chi connectivity index (χ3v) is 9.85. The number of hydrogen-bond acceptors (Lipinski definition) is 5. The molecule has 1 heterocycles. The number of ether oxygens (including phenoxy) is 3. The molecule has 5 aliphatic rings. The van der Waals surface area contributed by atoms with Crippen LogP contribution in [0.2, 0.25) is 0 Å². The fraction of sp³-hybridized carbons (Fsp3) is 0.840. The highest BCUT2D eigenvalue weighted by Gasteiger charge is 2.79. The summed E-state index contributed by atoms with van der Waals surface area (Å²) in [5, 5.41) is 0. The highest BCUT2D eigenvalue weighted by Crippen LogP contribution is 2.74. The highest BCUT2D eigenvalue weighted by atomic mass is 16.7. The molecule has 3 saturated carbocycles. The van der Waals surface area contributed by atoms with Gasteiger partial charge in [-0.15, -0.1) is 0 Å². The van der Waals surface area contributed by atoms with Crippen LogP contribution in [0, 0.1) is 28.6 Å². The van der Waals surface area contributed by atoms with Crippen LogP contribution in [0.25, 0.3) is 0 Å². The Balaban J connectivity index is 1.40. The Morgan fingerprint density at radius 1 is 1.13 bits per heavy atom. The predicted molar refractivity (Wildman–Crippen MR) is 111 cm³/mol. The lowest BCUT2D eigenvalue weighted by Crippen LogP contribution is -2.55. The minimum absolute atomic E-state index is 0.0487. The van der Waals surface area contributed by atoms with Crippen molar-refractivity contribution in [2.45, 2.75) is 103 Å². The van der Waals surface area contributed by atoms with E-state index in [0.29, 0.717) is 17.8 Å². The quantitative estimate of drug-likeness (QED) is 0.383. The van der Waals surface area contributed by atoms with Crippen LogP contribution in [-0.2, 0) is 23.8 Å². The van der Waals surface area contributed by atoms with Gasteiger partial charge in [0.25, 0.3) is 0 Å². The summed E-state index contributed by atoms with van der Waals surface area (Å²) < 4.78 is 17.5. The van der Waals surface area contributed by atoms with Crippen LogP contribution in [-0.4, -0.2) is 35.9 Å². The van der Waals surface area contributed by atoms with Crippen LogP contribution in [0.15, 0.2) is 11.6 Å². The van der Waals surface area contributed by atoms with E-state index in [4.69, 9.17) is 14.2 Å². The second-order valence-electron chi connectivity index (χ2n) is 11.1. The van der Waals surface area contributed by atoms with Crippen LogP contribution < -0.4 is 0 Å². The summed E-state index contributed by atoms with van der Waals surface area (Å²) in [6.07, 6.45) is 10.1. The fourth-order valence-corrected chi connectivity index (χ4v) is 8.52. The average molecular weight is 417 g/mol. The van der Waals surface area contributed by atoms with Crippen molar-refractivity contribution in [2.24, 2.45) is 28.6 Å². The molecule has 0 radical (unpaired) electrons. The van der Waals surface area contributed by atoms with E-state index in [0.717, 1.165) is 38.5 Å². The molecule has 166 valence electrons. The molecule has 5 nitrogen and oxygen atoms in total. The number of fused-ring (bicyclic) bond motifs is 7. The Kier molecular flexibility index (Phi) is 4.50. The number of carbonyl (C=O) groups excluding carboxylic acids is 2. The summed E-state index contributed by atoms with van der Waals surface area (Å²) in [5.74, 6) is 1.60. The number of epoxide rings is 1. The van der Waals surface area contributed by atoms with Crippen molar-refractivity contribution in [1.29, 1.82) is 0 Å². The first-order valence-electron chi connectivity index (χ1n) is 11.8.